The Morgan fingerprint density at radius 1 is 1.39 bits per heavy atom. The number of carbonyl (C=O) groups is 1. The van der Waals surface area contributed by atoms with Gasteiger partial charge in [-0.3, -0.25) is 4.79 Å². The first kappa shape index (κ1) is 15.3. The number of amides is 1. The molecule has 0 radical (unpaired) electrons. The number of H-pyrrole nitrogens is 1. The van der Waals surface area contributed by atoms with Gasteiger partial charge in [0.1, 0.15) is 0 Å². The van der Waals surface area contributed by atoms with E-state index in [1.807, 2.05) is 31.2 Å². The van der Waals surface area contributed by atoms with Crippen LogP contribution in [0, 0.1) is 12.8 Å². The van der Waals surface area contributed by atoms with Crippen molar-refractivity contribution < 1.29 is 4.79 Å². The molecule has 4 N–H and O–H groups in total. The van der Waals surface area contributed by atoms with E-state index >= 15 is 0 Å². The van der Waals surface area contributed by atoms with Gasteiger partial charge >= 0.3 is 0 Å². The van der Waals surface area contributed by atoms with E-state index in [0.29, 0.717) is 24.4 Å². The lowest BCUT2D eigenvalue weighted by Gasteiger charge is -2.31. The van der Waals surface area contributed by atoms with E-state index in [4.69, 9.17) is 5.73 Å². The monoisotopic (exact) mass is 314 g/mol. The van der Waals surface area contributed by atoms with Gasteiger partial charge in [-0.1, -0.05) is 18.2 Å². The number of nitrogens with two attached hydrogens (primary N) is 1. The number of anilines is 2. The van der Waals surface area contributed by atoms with E-state index in [0.717, 1.165) is 37.1 Å². The van der Waals surface area contributed by atoms with E-state index < -0.39 is 0 Å². The van der Waals surface area contributed by atoms with Crippen molar-refractivity contribution in [3.63, 3.8) is 0 Å². The van der Waals surface area contributed by atoms with Crippen molar-refractivity contribution in [2.45, 2.75) is 19.8 Å². The lowest BCUT2D eigenvalue weighted by Crippen LogP contribution is -2.39. The van der Waals surface area contributed by atoms with Gasteiger partial charge < -0.3 is 16.0 Å². The van der Waals surface area contributed by atoms with Gasteiger partial charge in [-0.2, -0.15) is 4.98 Å². The summed E-state index contributed by atoms with van der Waals surface area (Å²) in [7, 11) is 0. The number of aromatic nitrogens is 3. The van der Waals surface area contributed by atoms with Gasteiger partial charge in [-0.25, -0.2) is 5.10 Å². The standard InChI is InChI=1S/C16H22N6O/c1-11-4-2-3-5-13(11)14(23)18-10-12-6-8-22(9-7-12)16-19-15(17)20-21-16/h2-5,12H,6-10H2,1H3,(H,18,23)(H3,17,19,20,21). The van der Waals surface area contributed by atoms with E-state index in [9.17, 15) is 4.79 Å². The molecule has 1 aromatic heterocycles. The molecule has 1 aliphatic rings. The molecule has 23 heavy (non-hydrogen) atoms. The van der Waals surface area contributed by atoms with Crippen LogP contribution in [0.1, 0.15) is 28.8 Å². The average Bonchev–Trinajstić information content (AvgIpc) is 3.00. The molecule has 0 spiro atoms. The van der Waals surface area contributed by atoms with Gasteiger partial charge in [0, 0.05) is 25.2 Å². The molecule has 0 unspecified atom stereocenters. The molecule has 1 aromatic carbocycles. The third kappa shape index (κ3) is 3.61. The molecular weight excluding hydrogens is 292 g/mol. The summed E-state index contributed by atoms with van der Waals surface area (Å²) in [6.45, 7) is 4.41. The molecule has 2 heterocycles. The maximum atomic E-state index is 12.2. The molecule has 0 saturated carbocycles. The van der Waals surface area contributed by atoms with Crippen LogP contribution in [-0.2, 0) is 0 Å². The third-order valence-electron chi connectivity index (χ3n) is 4.33. The Kier molecular flexibility index (Phi) is 4.45. The molecule has 3 rings (SSSR count). The number of aryl methyl sites for hydroxylation is 1. The Labute approximate surface area is 135 Å². The first-order valence-corrected chi connectivity index (χ1v) is 7.90. The van der Waals surface area contributed by atoms with E-state index in [-0.39, 0.29) is 5.91 Å². The molecule has 0 atom stereocenters. The van der Waals surface area contributed by atoms with Crippen LogP contribution in [0.25, 0.3) is 0 Å². The highest BCUT2D eigenvalue weighted by molar-refractivity contribution is 5.95. The quantitative estimate of drug-likeness (QED) is 0.791. The fourth-order valence-electron chi connectivity index (χ4n) is 2.90. The lowest BCUT2D eigenvalue weighted by molar-refractivity contribution is 0.0944. The predicted molar refractivity (Wildman–Crippen MR) is 89.2 cm³/mol. The molecule has 7 nitrogen and oxygen atoms in total. The molecule has 7 heteroatoms. The normalized spacial score (nSPS) is 15.6. The van der Waals surface area contributed by atoms with Crippen LogP contribution >= 0.6 is 0 Å². The van der Waals surface area contributed by atoms with Crippen LogP contribution in [0.2, 0.25) is 0 Å². The number of rotatable bonds is 4. The number of piperidine rings is 1. The molecule has 0 aliphatic carbocycles. The van der Waals surface area contributed by atoms with Crippen molar-refractivity contribution in [3.05, 3.63) is 35.4 Å². The Morgan fingerprint density at radius 2 is 2.13 bits per heavy atom. The Hall–Kier alpha value is -2.57. The molecule has 1 aliphatic heterocycles. The van der Waals surface area contributed by atoms with Crippen LogP contribution in [0.3, 0.4) is 0 Å². The predicted octanol–water partition coefficient (Wildman–Crippen LogP) is 1.34. The third-order valence-corrected chi connectivity index (χ3v) is 4.33. The topological polar surface area (TPSA) is 99.9 Å². The minimum absolute atomic E-state index is 0.00673. The number of hydrogen-bond donors (Lipinski definition) is 3. The number of nitrogens with one attached hydrogen (secondary N) is 2. The van der Waals surface area contributed by atoms with Crippen molar-refractivity contribution in [2.75, 3.05) is 30.3 Å². The van der Waals surface area contributed by atoms with Crippen molar-refractivity contribution in [1.29, 1.82) is 0 Å². The van der Waals surface area contributed by atoms with Crippen molar-refractivity contribution in [3.8, 4) is 0 Å². The summed E-state index contributed by atoms with van der Waals surface area (Å²) in [5.74, 6) is 1.49. The second-order valence-corrected chi connectivity index (χ2v) is 5.98. The Morgan fingerprint density at radius 3 is 2.78 bits per heavy atom. The lowest BCUT2D eigenvalue weighted by atomic mass is 9.97. The second-order valence-electron chi connectivity index (χ2n) is 5.98. The van der Waals surface area contributed by atoms with Gasteiger partial charge in [-0.05, 0) is 37.3 Å². The minimum atomic E-state index is 0.00673. The number of carbonyl (C=O) groups excluding carboxylic acids is 1. The summed E-state index contributed by atoms with van der Waals surface area (Å²) in [6, 6.07) is 7.65. The average molecular weight is 314 g/mol. The van der Waals surface area contributed by atoms with Gasteiger partial charge in [0.15, 0.2) is 0 Å². The highest BCUT2D eigenvalue weighted by Gasteiger charge is 2.22. The maximum absolute atomic E-state index is 12.2. The molecule has 1 amide bonds. The highest BCUT2D eigenvalue weighted by Crippen LogP contribution is 2.20. The van der Waals surface area contributed by atoms with Crippen molar-refractivity contribution in [2.24, 2.45) is 5.92 Å². The van der Waals surface area contributed by atoms with Gasteiger partial charge in [0.05, 0.1) is 0 Å². The number of benzene rings is 1. The van der Waals surface area contributed by atoms with E-state index in [1.165, 1.54) is 0 Å². The van der Waals surface area contributed by atoms with E-state index in [1.54, 1.807) is 0 Å². The van der Waals surface area contributed by atoms with E-state index in [2.05, 4.69) is 25.4 Å². The SMILES string of the molecule is Cc1ccccc1C(=O)NCC1CCN(c2n[nH]c(N)n2)CC1. The molecule has 1 saturated heterocycles. The number of aromatic amines is 1. The summed E-state index contributed by atoms with van der Waals surface area (Å²) in [4.78, 5) is 18.5. The number of nitrogen functional groups attached to an aromatic ring is 1. The first-order chi connectivity index (χ1) is 11.1. The summed E-state index contributed by atoms with van der Waals surface area (Å²) in [5, 5.41) is 9.80. The van der Waals surface area contributed by atoms with Crippen molar-refractivity contribution >= 4 is 17.8 Å². The maximum Gasteiger partial charge on any atom is 0.251 e. The van der Waals surface area contributed by atoms with Gasteiger partial charge in [-0.15, -0.1) is 5.10 Å². The second kappa shape index (κ2) is 6.68. The minimum Gasteiger partial charge on any atom is -0.368 e. The zero-order chi connectivity index (χ0) is 16.2. The summed E-state index contributed by atoms with van der Waals surface area (Å²) in [6.07, 6.45) is 2.00. The summed E-state index contributed by atoms with van der Waals surface area (Å²) >= 11 is 0. The smallest absolute Gasteiger partial charge is 0.251 e. The number of hydrogen-bond acceptors (Lipinski definition) is 5. The van der Waals surface area contributed by atoms with Gasteiger partial charge in [0.2, 0.25) is 11.9 Å². The summed E-state index contributed by atoms with van der Waals surface area (Å²) in [5.41, 5.74) is 7.31. The number of nitrogens with zero attached hydrogens (tertiary/aromatic N) is 3. The van der Waals surface area contributed by atoms with Crippen LogP contribution in [0.15, 0.2) is 24.3 Å². The molecule has 1 fully saturated rings. The van der Waals surface area contributed by atoms with Crippen LogP contribution < -0.4 is 16.0 Å². The largest absolute Gasteiger partial charge is 0.368 e. The Bertz CT molecular complexity index is 675. The molecule has 2 aromatic rings. The van der Waals surface area contributed by atoms with Crippen LogP contribution in [0.4, 0.5) is 11.9 Å². The fraction of sp³-hybridized carbons (Fsp3) is 0.438. The van der Waals surface area contributed by atoms with Crippen LogP contribution in [-0.4, -0.2) is 40.7 Å². The van der Waals surface area contributed by atoms with Gasteiger partial charge in [0.25, 0.3) is 5.91 Å². The highest BCUT2D eigenvalue weighted by atomic mass is 16.1. The zero-order valence-electron chi connectivity index (χ0n) is 13.2. The zero-order valence-corrected chi connectivity index (χ0v) is 13.2. The summed E-state index contributed by atoms with van der Waals surface area (Å²) < 4.78 is 0. The van der Waals surface area contributed by atoms with Crippen LogP contribution in [0.5, 0.6) is 0 Å². The molecular formula is C16H22N6O. The fourth-order valence-corrected chi connectivity index (χ4v) is 2.90. The van der Waals surface area contributed by atoms with Crippen molar-refractivity contribution in [1.82, 2.24) is 20.5 Å². The first-order valence-electron chi connectivity index (χ1n) is 7.90. The molecule has 122 valence electrons. The Balaban J connectivity index is 1.48. The molecule has 0 bridgehead atoms.